The second-order valence-corrected chi connectivity index (χ2v) is 12.1. The minimum absolute atomic E-state index is 0.00644. The molecule has 3 saturated heterocycles. The Kier molecular flexibility index (Phi) is 4.90. The fourth-order valence-electron chi connectivity index (χ4n) is 6.19. The number of amides is 1. The highest BCUT2D eigenvalue weighted by molar-refractivity contribution is 7.89. The van der Waals surface area contributed by atoms with Gasteiger partial charge >= 0.3 is 0 Å². The van der Waals surface area contributed by atoms with Gasteiger partial charge in [0.1, 0.15) is 5.76 Å². The van der Waals surface area contributed by atoms with Crippen LogP contribution in [0.5, 0.6) is 0 Å². The molecule has 6 rings (SSSR count). The van der Waals surface area contributed by atoms with Crippen molar-refractivity contribution in [1.82, 2.24) is 20.1 Å². The van der Waals surface area contributed by atoms with Gasteiger partial charge in [-0.1, -0.05) is 5.16 Å². The lowest BCUT2D eigenvalue weighted by Crippen LogP contribution is -2.48. The standard InChI is InChI=1S/C21H30N4O5S/c26-21(18-6-20(30-24-18)15-9-29-10-15)23-17-1-2-25(19-5-16(17)19)31(27,28)11-12-3-13-7-22-8-14(13)4-12/h6,12-17,19,22H,1-5,7-11H2,(H,23,26)/t12?,13?,14?,16-,17+,19-/m1/s1. The van der Waals surface area contributed by atoms with Crippen molar-refractivity contribution in [3.63, 3.8) is 0 Å². The normalized spacial score (nSPS) is 37.8. The highest BCUT2D eigenvalue weighted by Crippen LogP contribution is 2.46. The molecule has 9 nitrogen and oxygen atoms in total. The average molecular weight is 451 g/mol. The summed E-state index contributed by atoms with van der Waals surface area (Å²) in [6, 6.07) is 1.72. The molecule has 0 radical (unpaired) electrons. The molecule has 2 unspecified atom stereocenters. The number of sulfonamides is 1. The predicted octanol–water partition coefficient (Wildman–Crippen LogP) is 0.556. The van der Waals surface area contributed by atoms with Crippen LogP contribution in [-0.2, 0) is 14.8 Å². The first-order chi connectivity index (χ1) is 15.0. The number of rotatable bonds is 6. The smallest absolute Gasteiger partial charge is 0.273 e. The maximum Gasteiger partial charge on any atom is 0.273 e. The molecule has 2 aliphatic carbocycles. The summed E-state index contributed by atoms with van der Waals surface area (Å²) in [5, 5.41) is 10.4. The number of fused-ring (bicyclic) bond motifs is 2. The first-order valence-corrected chi connectivity index (χ1v) is 13.1. The number of carbonyl (C=O) groups is 1. The Bertz CT molecular complexity index is 949. The van der Waals surface area contributed by atoms with Crippen molar-refractivity contribution in [2.75, 3.05) is 38.6 Å². The van der Waals surface area contributed by atoms with E-state index in [0.29, 0.717) is 49.7 Å². The van der Waals surface area contributed by atoms with Crippen molar-refractivity contribution in [2.24, 2.45) is 23.7 Å². The number of nitrogens with zero attached hydrogens (tertiary/aromatic N) is 2. The van der Waals surface area contributed by atoms with Crippen LogP contribution in [0.15, 0.2) is 10.6 Å². The molecule has 1 amide bonds. The molecule has 10 heteroatoms. The van der Waals surface area contributed by atoms with E-state index in [2.05, 4.69) is 15.8 Å². The van der Waals surface area contributed by atoms with E-state index >= 15 is 0 Å². The molecule has 4 heterocycles. The molecule has 2 N–H and O–H groups in total. The Morgan fingerprint density at radius 1 is 1.23 bits per heavy atom. The molecule has 2 saturated carbocycles. The molecule has 5 fully saturated rings. The molecular weight excluding hydrogens is 420 g/mol. The van der Waals surface area contributed by atoms with Crippen LogP contribution in [0.4, 0.5) is 0 Å². The molecule has 5 atom stereocenters. The van der Waals surface area contributed by atoms with Crippen molar-refractivity contribution < 1.29 is 22.5 Å². The van der Waals surface area contributed by atoms with Gasteiger partial charge in [-0.05, 0) is 62.4 Å². The number of piperidine rings is 1. The van der Waals surface area contributed by atoms with Crippen LogP contribution >= 0.6 is 0 Å². The number of aromatic nitrogens is 1. The van der Waals surface area contributed by atoms with Gasteiger partial charge < -0.3 is 19.9 Å². The summed E-state index contributed by atoms with van der Waals surface area (Å²) < 4.78 is 38.5. The highest BCUT2D eigenvalue weighted by atomic mass is 32.2. The fourth-order valence-corrected chi connectivity index (χ4v) is 8.28. The molecule has 1 aromatic rings. The summed E-state index contributed by atoms with van der Waals surface area (Å²) in [6.45, 7) is 3.77. The van der Waals surface area contributed by atoms with E-state index in [1.807, 2.05) is 0 Å². The van der Waals surface area contributed by atoms with Crippen LogP contribution in [-0.4, -0.2) is 74.5 Å². The van der Waals surface area contributed by atoms with E-state index in [1.54, 1.807) is 10.4 Å². The first kappa shape index (κ1) is 20.1. The third kappa shape index (κ3) is 3.71. The number of ether oxygens (including phenoxy) is 1. The molecule has 0 bridgehead atoms. The molecule has 0 spiro atoms. The highest BCUT2D eigenvalue weighted by Gasteiger charge is 2.54. The SMILES string of the molecule is O=C(N[C@H]1CCN(S(=O)(=O)CC2CC3CNCC3C2)[C@@H]2C[C@H]12)c1cc(C2COC2)on1. The van der Waals surface area contributed by atoms with Gasteiger partial charge in [0.2, 0.25) is 10.0 Å². The zero-order valence-corrected chi connectivity index (χ0v) is 18.4. The lowest BCUT2D eigenvalue weighted by atomic mass is 10.0. The molecule has 3 aliphatic heterocycles. The predicted molar refractivity (Wildman–Crippen MR) is 111 cm³/mol. The van der Waals surface area contributed by atoms with Crippen molar-refractivity contribution in [3.8, 4) is 0 Å². The van der Waals surface area contributed by atoms with Crippen molar-refractivity contribution in [2.45, 2.75) is 43.7 Å². The van der Waals surface area contributed by atoms with Gasteiger partial charge in [0.25, 0.3) is 5.91 Å². The first-order valence-electron chi connectivity index (χ1n) is 11.5. The maximum absolute atomic E-state index is 13.1. The maximum atomic E-state index is 13.1. The molecule has 0 aromatic carbocycles. The molecular formula is C21H30N4O5S. The number of carbonyl (C=O) groups excluding carboxylic acids is 1. The van der Waals surface area contributed by atoms with Gasteiger partial charge in [0, 0.05) is 24.7 Å². The van der Waals surface area contributed by atoms with Gasteiger partial charge in [-0.3, -0.25) is 4.79 Å². The zero-order chi connectivity index (χ0) is 21.2. The third-order valence-electron chi connectivity index (χ3n) is 8.03. The Morgan fingerprint density at radius 2 is 2.00 bits per heavy atom. The largest absolute Gasteiger partial charge is 0.380 e. The lowest BCUT2D eigenvalue weighted by molar-refractivity contribution is -0.00228. The number of hydrogen-bond acceptors (Lipinski definition) is 7. The van der Waals surface area contributed by atoms with Crippen LogP contribution in [0.1, 0.15) is 47.8 Å². The quantitative estimate of drug-likeness (QED) is 0.651. The van der Waals surface area contributed by atoms with Crippen LogP contribution in [0.25, 0.3) is 0 Å². The van der Waals surface area contributed by atoms with Gasteiger partial charge in [0.15, 0.2) is 5.69 Å². The van der Waals surface area contributed by atoms with Crippen LogP contribution in [0.2, 0.25) is 0 Å². The Balaban J connectivity index is 1.04. The minimum Gasteiger partial charge on any atom is -0.380 e. The van der Waals surface area contributed by atoms with E-state index in [4.69, 9.17) is 9.26 Å². The summed E-state index contributed by atoms with van der Waals surface area (Å²) in [7, 11) is -3.25. The van der Waals surface area contributed by atoms with Gasteiger partial charge in [0.05, 0.1) is 24.9 Å². The Labute approximate surface area is 182 Å². The van der Waals surface area contributed by atoms with E-state index in [1.165, 1.54) is 0 Å². The van der Waals surface area contributed by atoms with Crippen molar-refractivity contribution in [1.29, 1.82) is 0 Å². The van der Waals surface area contributed by atoms with Crippen molar-refractivity contribution in [3.05, 3.63) is 17.5 Å². The topological polar surface area (TPSA) is 114 Å². The van der Waals surface area contributed by atoms with Crippen LogP contribution in [0, 0.1) is 23.7 Å². The van der Waals surface area contributed by atoms with E-state index in [9.17, 15) is 13.2 Å². The van der Waals surface area contributed by atoms with Gasteiger partial charge in [-0.25, -0.2) is 8.42 Å². The molecule has 1 aromatic heterocycles. The summed E-state index contributed by atoms with van der Waals surface area (Å²) in [5.74, 6) is 2.72. The minimum atomic E-state index is -3.25. The van der Waals surface area contributed by atoms with Crippen LogP contribution in [0.3, 0.4) is 0 Å². The Morgan fingerprint density at radius 3 is 2.71 bits per heavy atom. The summed E-state index contributed by atoms with van der Waals surface area (Å²) in [6.07, 6.45) is 3.54. The monoisotopic (exact) mass is 450 g/mol. The molecule has 31 heavy (non-hydrogen) atoms. The average Bonchev–Trinajstić information content (AvgIpc) is 2.97. The van der Waals surface area contributed by atoms with Crippen LogP contribution < -0.4 is 10.6 Å². The fraction of sp³-hybridized carbons (Fsp3) is 0.810. The van der Waals surface area contributed by atoms with Crippen molar-refractivity contribution >= 4 is 15.9 Å². The van der Waals surface area contributed by atoms with E-state index < -0.39 is 10.0 Å². The second kappa shape index (κ2) is 7.54. The summed E-state index contributed by atoms with van der Waals surface area (Å²) >= 11 is 0. The second-order valence-electron chi connectivity index (χ2n) is 10.1. The van der Waals surface area contributed by atoms with E-state index in [-0.39, 0.29) is 41.3 Å². The van der Waals surface area contributed by atoms with Gasteiger partial charge in [-0.2, -0.15) is 4.31 Å². The summed E-state index contributed by atoms with van der Waals surface area (Å²) in [5.41, 5.74) is 0.287. The third-order valence-corrected chi connectivity index (χ3v) is 10.1. The Hall–Kier alpha value is -1.49. The number of nitrogens with one attached hydrogen (secondary N) is 2. The van der Waals surface area contributed by atoms with Gasteiger partial charge in [-0.15, -0.1) is 0 Å². The molecule has 170 valence electrons. The zero-order valence-electron chi connectivity index (χ0n) is 17.5. The van der Waals surface area contributed by atoms with E-state index in [0.717, 1.165) is 32.4 Å². The number of hydrogen-bond donors (Lipinski definition) is 2. The molecule has 5 aliphatic rings. The summed E-state index contributed by atoms with van der Waals surface area (Å²) in [4.78, 5) is 12.6. The lowest BCUT2D eigenvalue weighted by Gasteiger charge is -2.31.